The monoisotopic (exact) mass is 323 g/mol. The summed E-state index contributed by atoms with van der Waals surface area (Å²) in [7, 11) is -1.85. The first-order valence-corrected chi connectivity index (χ1v) is 9.34. The maximum Gasteiger partial charge on any atom is 0.209 e. The fraction of sp³-hybridized carbons (Fsp3) is 1.00. The molecule has 1 rings (SSSR count). The lowest BCUT2D eigenvalue weighted by atomic mass is 9.83. The Morgan fingerprint density at radius 2 is 1.52 bits per heavy atom. The third-order valence-corrected chi connectivity index (χ3v) is 4.90. The molecule has 0 saturated heterocycles. The van der Waals surface area contributed by atoms with Gasteiger partial charge in [-0.3, -0.25) is 0 Å². The molecule has 0 radical (unpaired) electrons. The molecule has 6 nitrogen and oxygen atoms in total. The summed E-state index contributed by atoms with van der Waals surface area (Å²) >= 11 is 0. The Hall–Kier alpha value is -0.210. The summed E-state index contributed by atoms with van der Waals surface area (Å²) < 4.78 is 38.9. The quantitative estimate of drug-likeness (QED) is 0.483. The van der Waals surface area contributed by atoms with Gasteiger partial charge in [0, 0.05) is 12.5 Å². The smallest absolute Gasteiger partial charge is 0.209 e. The van der Waals surface area contributed by atoms with Gasteiger partial charge in [-0.1, -0.05) is 25.7 Å². The molecule has 126 valence electrons. The van der Waals surface area contributed by atoms with Crippen LogP contribution in [-0.2, 0) is 24.2 Å². The molecule has 1 aliphatic rings. The zero-order chi connectivity index (χ0) is 15.6. The minimum absolute atomic E-state index is 0.0184. The van der Waals surface area contributed by atoms with Crippen molar-refractivity contribution < 1.29 is 22.6 Å². The summed E-state index contributed by atoms with van der Waals surface area (Å²) in [6.45, 7) is 2.51. The molecule has 1 fully saturated rings. The van der Waals surface area contributed by atoms with E-state index >= 15 is 0 Å². The van der Waals surface area contributed by atoms with Gasteiger partial charge < -0.3 is 14.2 Å². The van der Waals surface area contributed by atoms with Crippen LogP contribution in [0.1, 0.15) is 38.5 Å². The molecule has 1 aliphatic carbocycles. The third-order valence-electron chi connectivity index (χ3n) is 3.88. The summed E-state index contributed by atoms with van der Waals surface area (Å²) in [6.07, 6.45) is 6.15. The maximum atomic E-state index is 11.5. The third kappa shape index (κ3) is 8.73. The molecule has 7 heteroatoms. The van der Waals surface area contributed by atoms with E-state index < -0.39 is 10.0 Å². The molecule has 2 N–H and O–H groups in total. The Bertz CT molecular complexity index is 364. The van der Waals surface area contributed by atoms with Gasteiger partial charge in [-0.15, -0.1) is 0 Å². The number of rotatable bonds is 10. The van der Waals surface area contributed by atoms with E-state index in [0.717, 1.165) is 38.5 Å². The number of nitrogens with two attached hydrogens (primary N) is 1. The normalized spacial score (nSPS) is 19.3. The van der Waals surface area contributed by atoms with Crippen LogP contribution >= 0.6 is 0 Å². The van der Waals surface area contributed by atoms with Gasteiger partial charge in [0.2, 0.25) is 10.0 Å². The van der Waals surface area contributed by atoms with E-state index in [1.54, 1.807) is 7.11 Å². The first-order chi connectivity index (χ1) is 9.97. The standard InChI is InChI=1S/C14H29NO5S/c1-18-8-9-19-10-11-20-12-14(13-21(15,16)17)6-4-2-3-5-7-14/h2-13H2,1H3,(H2,15,16,17). The van der Waals surface area contributed by atoms with E-state index in [1.807, 2.05) is 0 Å². The van der Waals surface area contributed by atoms with Crippen molar-refractivity contribution in [1.82, 2.24) is 0 Å². The number of primary sulfonamides is 1. The second-order valence-corrected chi connectivity index (χ2v) is 7.49. The van der Waals surface area contributed by atoms with Gasteiger partial charge in [0.1, 0.15) is 0 Å². The van der Waals surface area contributed by atoms with E-state index in [2.05, 4.69) is 0 Å². The molecule has 1 saturated carbocycles. The lowest BCUT2D eigenvalue weighted by Crippen LogP contribution is -2.37. The lowest BCUT2D eigenvalue weighted by molar-refractivity contribution is -0.00420. The van der Waals surface area contributed by atoms with Crippen LogP contribution in [0.2, 0.25) is 0 Å². The van der Waals surface area contributed by atoms with Gasteiger partial charge in [0.15, 0.2) is 0 Å². The minimum Gasteiger partial charge on any atom is -0.382 e. The first-order valence-electron chi connectivity index (χ1n) is 7.62. The summed E-state index contributed by atoms with van der Waals surface area (Å²) in [4.78, 5) is 0. The molecule has 0 aromatic heterocycles. The second kappa shape index (κ2) is 9.74. The Balaban J connectivity index is 2.38. The predicted molar refractivity (Wildman–Crippen MR) is 81.6 cm³/mol. The molecule has 0 heterocycles. The van der Waals surface area contributed by atoms with Crippen molar-refractivity contribution in [2.24, 2.45) is 10.6 Å². The van der Waals surface area contributed by atoms with Gasteiger partial charge in [-0.2, -0.15) is 0 Å². The SMILES string of the molecule is COCCOCCOCC1(CS(N)(=O)=O)CCCCCC1. The van der Waals surface area contributed by atoms with Crippen LogP contribution < -0.4 is 5.14 Å². The van der Waals surface area contributed by atoms with Gasteiger partial charge in [0.05, 0.1) is 38.8 Å². The highest BCUT2D eigenvalue weighted by molar-refractivity contribution is 7.89. The highest BCUT2D eigenvalue weighted by Crippen LogP contribution is 2.36. The molecule has 0 unspecified atom stereocenters. The molecule has 0 bridgehead atoms. The van der Waals surface area contributed by atoms with Gasteiger partial charge in [0.25, 0.3) is 0 Å². The fourth-order valence-corrected chi connectivity index (χ4v) is 4.11. The van der Waals surface area contributed by atoms with Crippen LogP contribution in [0.15, 0.2) is 0 Å². The molecular formula is C14H29NO5S. The van der Waals surface area contributed by atoms with Crippen molar-refractivity contribution in [3.63, 3.8) is 0 Å². The van der Waals surface area contributed by atoms with Gasteiger partial charge in [-0.25, -0.2) is 13.6 Å². The Labute approximate surface area is 128 Å². The number of sulfonamides is 1. The molecule has 21 heavy (non-hydrogen) atoms. The fourth-order valence-electron chi connectivity index (χ4n) is 2.89. The molecule has 0 aromatic carbocycles. The van der Waals surface area contributed by atoms with Crippen molar-refractivity contribution >= 4 is 10.0 Å². The Morgan fingerprint density at radius 1 is 0.952 bits per heavy atom. The van der Waals surface area contributed by atoms with E-state index in [4.69, 9.17) is 19.3 Å². The molecule has 0 aromatic rings. The molecular weight excluding hydrogens is 294 g/mol. The van der Waals surface area contributed by atoms with Gasteiger partial charge in [-0.05, 0) is 12.8 Å². The van der Waals surface area contributed by atoms with Crippen LogP contribution in [0.25, 0.3) is 0 Å². The first kappa shape index (κ1) is 18.8. The van der Waals surface area contributed by atoms with Crippen LogP contribution in [-0.4, -0.2) is 54.3 Å². The lowest BCUT2D eigenvalue weighted by Gasteiger charge is -2.31. The Morgan fingerprint density at radius 3 is 2.10 bits per heavy atom. The number of hydrogen-bond acceptors (Lipinski definition) is 5. The summed E-state index contributed by atoms with van der Waals surface area (Å²) in [5.74, 6) is 0.0184. The summed E-state index contributed by atoms with van der Waals surface area (Å²) in [6, 6.07) is 0. The van der Waals surface area contributed by atoms with E-state index in [0.29, 0.717) is 33.0 Å². The molecule has 0 aliphatic heterocycles. The molecule has 0 amide bonds. The van der Waals surface area contributed by atoms with Crippen LogP contribution in [0, 0.1) is 5.41 Å². The average Bonchev–Trinajstić information content (AvgIpc) is 2.62. The highest BCUT2D eigenvalue weighted by atomic mass is 32.2. The van der Waals surface area contributed by atoms with E-state index in [9.17, 15) is 8.42 Å². The van der Waals surface area contributed by atoms with Crippen molar-refractivity contribution in [3.05, 3.63) is 0 Å². The average molecular weight is 323 g/mol. The maximum absolute atomic E-state index is 11.5. The van der Waals surface area contributed by atoms with Crippen LogP contribution in [0.4, 0.5) is 0 Å². The number of ether oxygens (including phenoxy) is 3. The van der Waals surface area contributed by atoms with E-state index in [-0.39, 0.29) is 11.2 Å². The van der Waals surface area contributed by atoms with Crippen molar-refractivity contribution in [2.75, 3.05) is 45.9 Å². The van der Waals surface area contributed by atoms with Gasteiger partial charge >= 0.3 is 0 Å². The molecule has 0 atom stereocenters. The largest absolute Gasteiger partial charge is 0.382 e. The van der Waals surface area contributed by atoms with Crippen molar-refractivity contribution in [2.45, 2.75) is 38.5 Å². The minimum atomic E-state index is -3.48. The highest BCUT2D eigenvalue weighted by Gasteiger charge is 2.35. The van der Waals surface area contributed by atoms with Crippen LogP contribution in [0.5, 0.6) is 0 Å². The predicted octanol–water partition coefficient (Wildman–Crippen LogP) is 1.30. The van der Waals surface area contributed by atoms with Crippen molar-refractivity contribution in [1.29, 1.82) is 0 Å². The Kier molecular flexibility index (Phi) is 8.73. The van der Waals surface area contributed by atoms with E-state index in [1.165, 1.54) is 0 Å². The topological polar surface area (TPSA) is 87.8 Å². The summed E-state index contributed by atoms with van der Waals surface area (Å²) in [5.41, 5.74) is -0.323. The summed E-state index contributed by atoms with van der Waals surface area (Å²) in [5, 5.41) is 5.27. The zero-order valence-corrected chi connectivity index (χ0v) is 13.8. The van der Waals surface area contributed by atoms with Crippen molar-refractivity contribution in [3.8, 4) is 0 Å². The molecule has 0 spiro atoms. The second-order valence-electron chi connectivity index (χ2n) is 5.88. The number of hydrogen-bond donors (Lipinski definition) is 1. The van der Waals surface area contributed by atoms with Crippen LogP contribution in [0.3, 0.4) is 0 Å². The number of methoxy groups -OCH3 is 1. The zero-order valence-electron chi connectivity index (χ0n) is 13.0.